The molecule has 1 heterocycles. The lowest BCUT2D eigenvalue weighted by molar-refractivity contribution is -0.147. The summed E-state index contributed by atoms with van der Waals surface area (Å²) in [5, 5.41) is 0. The van der Waals surface area contributed by atoms with Crippen LogP contribution in [0.4, 0.5) is 0 Å². The molecule has 0 aromatic carbocycles. The van der Waals surface area contributed by atoms with Gasteiger partial charge in [0, 0.05) is 13.0 Å². The normalized spacial score (nSPS) is 21.4. The Hall–Kier alpha value is -0.610. The molecule has 4 nitrogen and oxygen atoms in total. The second-order valence-corrected chi connectivity index (χ2v) is 4.71. The van der Waals surface area contributed by atoms with E-state index in [9.17, 15) is 4.79 Å². The molecule has 1 fully saturated rings. The average Bonchev–Trinajstić information content (AvgIpc) is 2.85. The molecule has 0 spiro atoms. The average molecular weight is 243 g/mol. The van der Waals surface area contributed by atoms with E-state index in [0.29, 0.717) is 25.5 Å². The summed E-state index contributed by atoms with van der Waals surface area (Å²) >= 11 is 0. The zero-order valence-electron chi connectivity index (χ0n) is 10.8. The third-order valence-electron chi connectivity index (χ3n) is 3.36. The van der Waals surface area contributed by atoms with Gasteiger partial charge in [-0.3, -0.25) is 4.79 Å². The van der Waals surface area contributed by atoms with Crippen LogP contribution in [0.15, 0.2) is 0 Å². The molecular weight excluding hydrogens is 218 g/mol. The smallest absolute Gasteiger partial charge is 0.305 e. The van der Waals surface area contributed by atoms with Crippen molar-refractivity contribution in [3.63, 3.8) is 0 Å². The van der Waals surface area contributed by atoms with Crippen LogP contribution < -0.4 is 5.73 Å². The van der Waals surface area contributed by atoms with Gasteiger partial charge in [-0.1, -0.05) is 13.3 Å². The Kier molecular flexibility index (Phi) is 7.21. The number of hydrogen-bond acceptors (Lipinski definition) is 4. The SMILES string of the molecule is CCC(CCN)CCC(=O)OCC1CCCO1. The Bertz CT molecular complexity index is 215. The topological polar surface area (TPSA) is 61.6 Å². The van der Waals surface area contributed by atoms with Gasteiger partial charge in [0.2, 0.25) is 0 Å². The first-order chi connectivity index (χ1) is 8.26. The van der Waals surface area contributed by atoms with Gasteiger partial charge in [-0.15, -0.1) is 0 Å². The largest absolute Gasteiger partial charge is 0.463 e. The maximum Gasteiger partial charge on any atom is 0.305 e. The van der Waals surface area contributed by atoms with Crippen LogP contribution in [0.25, 0.3) is 0 Å². The zero-order valence-corrected chi connectivity index (χ0v) is 10.8. The van der Waals surface area contributed by atoms with Crippen molar-refractivity contribution in [2.24, 2.45) is 11.7 Å². The summed E-state index contributed by atoms with van der Waals surface area (Å²) in [5.41, 5.74) is 5.52. The standard InChI is InChI=1S/C13H25NO3/c1-2-11(7-8-14)5-6-13(15)17-10-12-4-3-9-16-12/h11-12H,2-10,14H2,1H3. The molecule has 0 aromatic rings. The predicted molar refractivity (Wildman–Crippen MR) is 66.6 cm³/mol. The Morgan fingerprint density at radius 2 is 2.35 bits per heavy atom. The second-order valence-electron chi connectivity index (χ2n) is 4.71. The summed E-state index contributed by atoms with van der Waals surface area (Å²) in [6.45, 7) is 4.06. The van der Waals surface area contributed by atoms with Crippen molar-refractivity contribution in [1.82, 2.24) is 0 Å². The van der Waals surface area contributed by atoms with Gasteiger partial charge in [0.1, 0.15) is 6.61 Å². The molecular formula is C13H25NO3. The summed E-state index contributed by atoms with van der Waals surface area (Å²) in [5.74, 6) is 0.450. The summed E-state index contributed by atoms with van der Waals surface area (Å²) in [6, 6.07) is 0. The number of rotatable bonds is 8. The molecule has 4 heteroatoms. The zero-order chi connectivity index (χ0) is 12.5. The van der Waals surface area contributed by atoms with Gasteiger partial charge in [0.15, 0.2) is 0 Å². The third kappa shape index (κ3) is 6.03. The molecule has 0 bridgehead atoms. The van der Waals surface area contributed by atoms with E-state index in [1.54, 1.807) is 0 Å². The second kappa shape index (κ2) is 8.48. The van der Waals surface area contributed by atoms with Crippen LogP contribution in [0, 0.1) is 5.92 Å². The van der Waals surface area contributed by atoms with Crippen molar-refractivity contribution >= 4 is 5.97 Å². The Balaban J connectivity index is 2.07. The maximum absolute atomic E-state index is 11.5. The van der Waals surface area contributed by atoms with Gasteiger partial charge in [0.05, 0.1) is 6.10 Å². The number of carbonyl (C=O) groups excluding carboxylic acids is 1. The van der Waals surface area contributed by atoms with Gasteiger partial charge < -0.3 is 15.2 Å². The Morgan fingerprint density at radius 1 is 1.53 bits per heavy atom. The van der Waals surface area contributed by atoms with Gasteiger partial charge >= 0.3 is 5.97 Å². The van der Waals surface area contributed by atoms with Crippen molar-refractivity contribution in [2.75, 3.05) is 19.8 Å². The van der Waals surface area contributed by atoms with E-state index in [4.69, 9.17) is 15.2 Å². The number of carbonyl (C=O) groups is 1. The van der Waals surface area contributed by atoms with E-state index in [-0.39, 0.29) is 12.1 Å². The van der Waals surface area contributed by atoms with Crippen molar-refractivity contribution in [3.8, 4) is 0 Å². The fraction of sp³-hybridized carbons (Fsp3) is 0.923. The van der Waals surface area contributed by atoms with Crippen LogP contribution in [-0.2, 0) is 14.3 Å². The molecule has 0 amide bonds. The summed E-state index contributed by atoms with van der Waals surface area (Å²) < 4.78 is 10.6. The van der Waals surface area contributed by atoms with E-state index in [2.05, 4.69) is 6.92 Å². The molecule has 1 saturated heterocycles. The molecule has 0 aliphatic carbocycles. The molecule has 2 unspecified atom stereocenters. The monoisotopic (exact) mass is 243 g/mol. The fourth-order valence-electron chi connectivity index (χ4n) is 2.14. The molecule has 0 aromatic heterocycles. The first-order valence-electron chi connectivity index (χ1n) is 6.73. The van der Waals surface area contributed by atoms with Crippen LogP contribution in [0.1, 0.15) is 45.4 Å². The highest BCUT2D eigenvalue weighted by Crippen LogP contribution is 2.16. The quantitative estimate of drug-likeness (QED) is 0.661. The molecule has 1 aliphatic rings. The predicted octanol–water partition coefficient (Wildman–Crippen LogP) is 1.86. The lowest BCUT2D eigenvalue weighted by Gasteiger charge is -2.14. The number of esters is 1. The number of nitrogens with two attached hydrogens (primary N) is 1. The first kappa shape index (κ1) is 14.5. The van der Waals surface area contributed by atoms with Crippen LogP contribution in [0.3, 0.4) is 0 Å². The molecule has 17 heavy (non-hydrogen) atoms. The van der Waals surface area contributed by atoms with Crippen LogP contribution >= 0.6 is 0 Å². The summed E-state index contributed by atoms with van der Waals surface area (Å²) in [7, 11) is 0. The van der Waals surface area contributed by atoms with Crippen molar-refractivity contribution in [1.29, 1.82) is 0 Å². The highest BCUT2D eigenvalue weighted by molar-refractivity contribution is 5.69. The minimum Gasteiger partial charge on any atom is -0.463 e. The number of ether oxygens (including phenoxy) is 2. The highest BCUT2D eigenvalue weighted by Gasteiger charge is 2.17. The van der Waals surface area contributed by atoms with Gasteiger partial charge in [0.25, 0.3) is 0 Å². The molecule has 1 aliphatic heterocycles. The summed E-state index contributed by atoms with van der Waals surface area (Å²) in [6.07, 6.45) is 5.69. The van der Waals surface area contributed by atoms with Crippen LogP contribution in [-0.4, -0.2) is 31.8 Å². The third-order valence-corrected chi connectivity index (χ3v) is 3.36. The Morgan fingerprint density at radius 3 is 2.94 bits per heavy atom. The summed E-state index contributed by atoms with van der Waals surface area (Å²) in [4.78, 5) is 11.5. The van der Waals surface area contributed by atoms with Gasteiger partial charge in [-0.05, 0) is 38.1 Å². The minimum absolute atomic E-state index is 0.101. The lowest BCUT2D eigenvalue weighted by Crippen LogP contribution is -2.18. The van der Waals surface area contributed by atoms with Gasteiger partial charge in [-0.25, -0.2) is 0 Å². The van der Waals surface area contributed by atoms with E-state index >= 15 is 0 Å². The fourth-order valence-corrected chi connectivity index (χ4v) is 2.14. The highest BCUT2D eigenvalue weighted by atomic mass is 16.6. The van der Waals surface area contributed by atoms with E-state index in [1.165, 1.54) is 0 Å². The first-order valence-corrected chi connectivity index (χ1v) is 6.73. The molecule has 2 atom stereocenters. The molecule has 0 saturated carbocycles. The molecule has 100 valence electrons. The van der Waals surface area contributed by atoms with E-state index < -0.39 is 0 Å². The van der Waals surface area contributed by atoms with Crippen LogP contribution in [0.5, 0.6) is 0 Å². The Labute approximate surface area is 104 Å². The van der Waals surface area contributed by atoms with E-state index in [1.807, 2.05) is 0 Å². The molecule has 2 N–H and O–H groups in total. The van der Waals surface area contributed by atoms with Crippen molar-refractivity contribution in [3.05, 3.63) is 0 Å². The van der Waals surface area contributed by atoms with Gasteiger partial charge in [-0.2, -0.15) is 0 Å². The number of hydrogen-bond donors (Lipinski definition) is 1. The van der Waals surface area contributed by atoms with Crippen molar-refractivity contribution in [2.45, 2.75) is 51.6 Å². The maximum atomic E-state index is 11.5. The molecule has 1 rings (SSSR count). The lowest BCUT2D eigenvalue weighted by atomic mass is 9.97. The van der Waals surface area contributed by atoms with Crippen LogP contribution in [0.2, 0.25) is 0 Å². The minimum atomic E-state index is -0.101. The van der Waals surface area contributed by atoms with E-state index in [0.717, 1.165) is 38.7 Å². The van der Waals surface area contributed by atoms with Crippen molar-refractivity contribution < 1.29 is 14.3 Å². The molecule has 0 radical (unpaired) electrons.